The molecule has 98 valence electrons. The fourth-order valence-electron chi connectivity index (χ4n) is 1.46. The van der Waals surface area contributed by atoms with Gasteiger partial charge in [-0.2, -0.15) is 10.5 Å². The van der Waals surface area contributed by atoms with Crippen LogP contribution < -0.4 is 0 Å². The van der Waals surface area contributed by atoms with Crippen LogP contribution >= 0.6 is 0 Å². The van der Waals surface area contributed by atoms with Gasteiger partial charge in [0.15, 0.2) is 0 Å². The Morgan fingerprint density at radius 1 is 0.833 bits per heavy atom. The maximum atomic E-state index is 11.3. The van der Waals surface area contributed by atoms with Crippen LogP contribution in [0, 0.1) is 22.7 Å². The summed E-state index contributed by atoms with van der Waals surface area (Å²) in [5.74, 6) is -0.233. The van der Waals surface area contributed by atoms with Crippen LogP contribution in [0.15, 0.2) is 0 Å². The van der Waals surface area contributed by atoms with Gasteiger partial charge in [-0.15, -0.1) is 0 Å². The molecular formula is C12H18N4O2. The third-order valence-corrected chi connectivity index (χ3v) is 2.52. The second-order valence-electron chi connectivity index (χ2n) is 3.83. The lowest BCUT2D eigenvalue weighted by Gasteiger charge is -2.25. The Kier molecular flexibility index (Phi) is 7.96. The molecule has 0 aromatic carbocycles. The van der Waals surface area contributed by atoms with Crippen molar-refractivity contribution in [2.75, 3.05) is 26.2 Å². The van der Waals surface area contributed by atoms with Gasteiger partial charge in [-0.1, -0.05) is 0 Å². The Morgan fingerprint density at radius 3 is 1.39 bits per heavy atom. The Hall–Kier alpha value is -2.08. The Morgan fingerprint density at radius 2 is 1.17 bits per heavy atom. The van der Waals surface area contributed by atoms with Crippen molar-refractivity contribution in [3.8, 4) is 12.1 Å². The molecule has 0 saturated heterocycles. The maximum absolute atomic E-state index is 11.3. The van der Waals surface area contributed by atoms with Crippen LogP contribution in [0.3, 0.4) is 0 Å². The lowest BCUT2D eigenvalue weighted by Crippen LogP contribution is -2.40. The zero-order valence-corrected chi connectivity index (χ0v) is 10.8. The molecule has 0 bridgehead atoms. The standard InChI is InChI=1S/C12H18N4O2/c1-11(17)15(7-3-5-13)9-10-16(12(2)18)8-4-6-14/h3-4,7-10H2,1-2H3. The molecule has 0 aromatic heterocycles. The van der Waals surface area contributed by atoms with E-state index in [1.165, 1.54) is 23.6 Å². The molecule has 0 aliphatic heterocycles. The van der Waals surface area contributed by atoms with Crippen LogP contribution in [0.25, 0.3) is 0 Å². The highest BCUT2D eigenvalue weighted by Crippen LogP contribution is 1.97. The van der Waals surface area contributed by atoms with Crippen molar-refractivity contribution in [2.45, 2.75) is 26.7 Å². The smallest absolute Gasteiger partial charge is 0.219 e. The first kappa shape index (κ1) is 15.9. The molecule has 0 saturated carbocycles. The molecule has 0 atom stereocenters. The molecule has 0 aromatic rings. The number of amides is 2. The molecule has 0 N–H and O–H groups in total. The Balaban J connectivity index is 4.29. The molecule has 0 fully saturated rings. The minimum absolute atomic E-state index is 0.117. The molecule has 18 heavy (non-hydrogen) atoms. The number of hydrogen-bond donors (Lipinski definition) is 0. The van der Waals surface area contributed by atoms with Crippen molar-refractivity contribution in [1.82, 2.24) is 9.80 Å². The van der Waals surface area contributed by atoms with Crippen LogP contribution in [-0.2, 0) is 9.59 Å². The maximum Gasteiger partial charge on any atom is 0.219 e. The van der Waals surface area contributed by atoms with Gasteiger partial charge in [-0.25, -0.2) is 0 Å². The van der Waals surface area contributed by atoms with E-state index in [-0.39, 0.29) is 24.7 Å². The average molecular weight is 250 g/mol. The van der Waals surface area contributed by atoms with Crippen LogP contribution in [0.4, 0.5) is 0 Å². The Bertz CT molecular complexity index is 331. The number of nitrogens with zero attached hydrogens (tertiary/aromatic N) is 4. The average Bonchev–Trinajstić information content (AvgIpc) is 2.31. The van der Waals surface area contributed by atoms with Gasteiger partial charge >= 0.3 is 0 Å². The quantitative estimate of drug-likeness (QED) is 0.658. The van der Waals surface area contributed by atoms with Crippen LogP contribution in [0.5, 0.6) is 0 Å². The van der Waals surface area contributed by atoms with Gasteiger partial charge in [0.25, 0.3) is 0 Å². The van der Waals surface area contributed by atoms with Crippen molar-refractivity contribution >= 4 is 11.8 Å². The molecule has 6 heteroatoms. The van der Waals surface area contributed by atoms with Crippen LogP contribution in [0.1, 0.15) is 26.7 Å². The molecule has 0 radical (unpaired) electrons. The highest BCUT2D eigenvalue weighted by molar-refractivity contribution is 5.74. The van der Waals surface area contributed by atoms with Crippen molar-refractivity contribution in [3.05, 3.63) is 0 Å². The first-order valence-electron chi connectivity index (χ1n) is 5.77. The van der Waals surface area contributed by atoms with Crippen LogP contribution in [-0.4, -0.2) is 47.8 Å². The molecule has 0 heterocycles. The SMILES string of the molecule is CC(=O)N(CCC#N)CCN(CCC#N)C(C)=O. The fraction of sp³-hybridized carbons (Fsp3) is 0.667. The Labute approximate surface area is 107 Å². The highest BCUT2D eigenvalue weighted by Gasteiger charge is 2.12. The largest absolute Gasteiger partial charge is 0.340 e. The molecular weight excluding hydrogens is 232 g/mol. The van der Waals surface area contributed by atoms with Gasteiger partial charge in [0.1, 0.15) is 0 Å². The predicted octanol–water partition coefficient (Wildman–Crippen LogP) is 0.511. The molecule has 0 aliphatic rings. The molecule has 0 rings (SSSR count). The van der Waals surface area contributed by atoms with E-state index in [1.54, 1.807) is 0 Å². The summed E-state index contributed by atoms with van der Waals surface area (Å²) in [5.41, 5.74) is 0. The van der Waals surface area contributed by atoms with Crippen molar-refractivity contribution in [2.24, 2.45) is 0 Å². The highest BCUT2D eigenvalue weighted by atomic mass is 16.2. The summed E-state index contributed by atoms with van der Waals surface area (Å²) in [6, 6.07) is 3.96. The zero-order valence-electron chi connectivity index (χ0n) is 10.8. The van der Waals surface area contributed by atoms with Crippen molar-refractivity contribution < 1.29 is 9.59 Å². The third-order valence-electron chi connectivity index (χ3n) is 2.52. The molecule has 2 amide bonds. The number of carbonyl (C=O) groups excluding carboxylic acids is 2. The lowest BCUT2D eigenvalue weighted by atomic mass is 10.3. The van der Waals surface area contributed by atoms with E-state index in [0.29, 0.717) is 26.2 Å². The van der Waals surface area contributed by atoms with Crippen molar-refractivity contribution in [3.63, 3.8) is 0 Å². The van der Waals surface area contributed by atoms with Gasteiger partial charge in [0.2, 0.25) is 11.8 Å². The van der Waals surface area contributed by atoms with Crippen molar-refractivity contribution in [1.29, 1.82) is 10.5 Å². The van der Waals surface area contributed by atoms with Gasteiger partial charge < -0.3 is 9.80 Å². The summed E-state index contributed by atoms with van der Waals surface area (Å²) < 4.78 is 0. The first-order valence-corrected chi connectivity index (χ1v) is 5.77. The lowest BCUT2D eigenvalue weighted by molar-refractivity contribution is -0.132. The normalized spacial score (nSPS) is 9.11. The second kappa shape index (κ2) is 9.00. The summed E-state index contributed by atoms with van der Waals surface area (Å²) in [5, 5.41) is 17.0. The summed E-state index contributed by atoms with van der Waals surface area (Å²) in [6.07, 6.45) is 0.551. The zero-order chi connectivity index (χ0) is 14.0. The number of hydrogen-bond acceptors (Lipinski definition) is 4. The molecule has 6 nitrogen and oxygen atoms in total. The summed E-state index contributed by atoms with van der Waals surface area (Å²) in [6.45, 7) is 4.39. The van der Waals surface area contributed by atoms with E-state index in [4.69, 9.17) is 10.5 Å². The van der Waals surface area contributed by atoms with Gasteiger partial charge in [-0.05, 0) is 0 Å². The van der Waals surface area contributed by atoms with E-state index in [2.05, 4.69) is 0 Å². The summed E-state index contributed by atoms with van der Waals surface area (Å²) >= 11 is 0. The topological polar surface area (TPSA) is 88.2 Å². The summed E-state index contributed by atoms with van der Waals surface area (Å²) in [4.78, 5) is 25.7. The van der Waals surface area contributed by atoms with E-state index in [1.807, 2.05) is 12.1 Å². The van der Waals surface area contributed by atoms with Gasteiger partial charge in [0, 0.05) is 40.0 Å². The monoisotopic (exact) mass is 250 g/mol. The minimum atomic E-state index is -0.117. The van der Waals surface area contributed by atoms with Crippen LogP contribution in [0.2, 0.25) is 0 Å². The van der Waals surface area contributed by atoms with E-state index in [9.17, 15) is 9.59 Å². The number of carbonyl (C=O) groups is 2. The van der Waals surface area contributed by atoms with Gasteiger partial charge in [-0.3, -0.25) is 9.59 Å². The first-order chi connectivity index (χ1) is 8.52. The number of rotatable bonds is 7. The second-order valence-corrected chi connectivity index (χ2v) is 3.83. The minimum Gasteiger partial charge on any atom is -0.340 e. The summed E-state index contributed by atoms with van der Waals surface area (Å²) in [7, 11) is 0. The molecule has 0 aliphatic carbocycles. The van der Waals surface area contributed by atoms with E-state index in [0.717, 1.165) is 0 Å². The number of nitriles is 2. The fourth-order valence-corrected chi connectivity index (χ4v) is 1.46. The predicted molar refractivity (Wildman–Crippen MR) is 65.0 cm³/mol. The van der Waals surface area contributed by atoms with E-state index >= 15 is 0 Å². The molecule has 0 spiro atoms. The van der Waals surface area contributed by atoms with E-state index < -0.39 is 0 Å². The van der Waals surface area contributed by atoms with Gasteiger partial charge in [0.05, 0.1) is 25.0 Å². The third kappa shape index (κ3) is 6.49. The molecule has 0 unspecified atom stereocenters.